The fourth-order valence-electron chi connectivity index (χ4n) is 3.14. The summed E-state index contributed by atoms with van der Waals surface area (Å²) < 4.78 is 13.2. The number of carbonyl (C=O) groups excluding carboxylic acids is 1. The third kappa shape index (κ3) is 3.59. The summed E-state index contributed by atoms with van der Waals surface area (Å²) in [6.45, 7) is 1.17. The lowest BCUT2D eigenvalue weighted by Crippen LogP contribution is -2.39. The molecule has 1 saturated heterocycles. The predicted octanol–water partition coefficient (Wildman–Crippen LogP) is 3.41. The summed E-state index contributed by atoms with van der Waals surface area (Å²) in [7, 11) is 0. The fourth-order valence-corrected chi connectivity index (χ4v) is 3.14. The molecule has 2 aromatic carbocycles. The molecule has 2 aromatic rings. The van der Waals surface area contributed by atoms with Crippen LogP contribution in [-0.4, -0.2) is 29.0 Å². The van der Waals surface area contributed by atoms with E-state index >= 15 is 0 Å². The van der Waals surface area contributed by atoms with Crippen molar-refractivity contribution in [2.45, 2.75) is 18.9 Å². The smallest absolute Gasteiger partial charge is 0.253 e. The summed E-state index contributed by atoms with van der Waals surface area (Å²) in [6.07, 6.45) is 0.997. The monoisotopic (exact) mass is 313 g/mol. The molecule has 1 N–H and O–H groups in total. The minimum atomic E-state index is -0.498. The van der Waals surface area contributed by atoms with Crippen molar-refractivity contribution >= 4 is 5.91 Å². The van der Waals surface area contributed by atoms with Crippen LogP contribution in [0.25, 0.3) is 0 Å². The normalized spacial score (nSPS) is 17.0. The molecule has 0 aliphatic carbocycles. The van der Waals surface area contributed by atoms with Gasteiger partial charge in [0.05, 0.1) is 6.10 Å². The van der Waals surface area contributed by atoms with Crippen LogP contribution in [0.3, 0.4) is 0 Å². The van der Waals surface area contributed by atoms with Gasteiger partial charge in [0.2, 0.25) is 0 Å². The molecular weight excluding hydrogens is 293 g/mol. The molecule has 4 heteroatoms. The number of benzene rings is 2. The van der Waals surface area contributed by atoms with Gasteiger partial charge in [0.1, 0.15) is 5.82 Å². The van der Waals surface area contributed by atoms with Gasteiger partial charge in [-0.15, -0.1) is 0 Å². The second-order valence-corrected chi connectivity index (χ2v) is 6.00. The third-order valence-electron chi connectivity index (χ3n) is 4.49. The van der Waals surface area contributed by atoms with Crippen molar-refractivity contribution in [3.05, 3.63) is 71.5 Å². The molecule has 1 atom stereocenters. The molecule has 3 nitrogen and oxygen atoms in total. The quantitative estimate of drug-likeness (QED) is 0.943. The van der Waals surface area contributed by atoms with E-state index in [1.54, 1.807) is 17.0 Å². The Balaban J connectivity index is 1.61. The van der Waals surface area contributed by atoms with E-state index in [4.69, 9.17) is 0 Å². The van der Waals surface area contributed by atoms with Gasteiger partial charge >= 0.3 is 0 Å². The highest BCUT2D eigenvalue weighted by molar-refractivity contribution is 5.94. The zero-order chi connectivity index (χ0) is 16.2. The van der Waals surface area contributed by atoms with E-state index in [-0.39, 0.29) is 11.8 Å². The van der Waals surface area contributed by atoms with Gasteiger partial charge in [-0.05, 0) is 42.5 Å². The van der Waals surface area contributed by atoms with Crippen molar-refractivity contribution in [3.63, 3.8) is 0 Å². The number of carbonyl (C=O) groups is 1. The second kappa shape index (κ2) is 6.92. The first-order chi connectivity index (χ1) is 11.1. The lowest BCUT2D eigenvalue weighted by molar-refractivity contribution is 0.0462. The van der Waals surface area contributed by atoms with Gasteiger partial charge in [-0.1, -0.05) is 36.4 Å². The van der Waals surface area contributed by atoms with Crippen molar-refractivity contribution in [2.75, 3.05) is 13.1 Å². The highest BCUT2D eigenvalue weighted by atomic mass is 19.1. The average Bonchev–Trinajstić information content (AvgIpc) is 2.61. The summed E-state index contributed by atoms with van der Waals surface area (Å²) in [6, 6.07) is 15.4. The largest absolute Gasteiger partial charge is 0.388 e. The van der Waals surface area contributed by atoms with Crippen LogP contribution in [0.15, 0.2) is 54.6 Å². The minimum absolute atomic E-state index is 0.142. The number of aliphatic hydroxyl groups is 1. The van der Waals surface area contributed by atoms with Gasteiger partial charge in [-0.3, -0.25) is 4.79 Å². The van der Waals surface area contributed by atoms with Gasteiger partial charge in [-0.2, -0.15) is 0 Å². The van der Waals surface area contributed by atoms with E-state index in [1.165, 1.54) is 12.1 Å². The number of hydrogen-bond acceptors (Lipinski definition) is 2. The molecule has 1 fully saturated rings. The molecule has 1 amide bonds. The van der Waals surface area contributed by atoms with E-state index in [1.807, 2.05) is 30.3 Å². The molecule has 0 unspecified atom stereocenters. The number of aliphatic hydroxyl groups excluding tert-OH is 1. The predicted molar refractivity (Wildman–Crippen MR) is 86.4 cm³/mol. The lowest BCUT2D eigenvalue weighted by Gasteiger charge is -2.34. The maximum Gasteiger partial charge on any atom is 0.253 e. The molecule has 1 aliphatic heterocycles. The summed E-state index contributed by atoms with van der Waals surface area (Å²) >= 11 is 0. The number of piperidine rings is 1. The molecule has 1 aliphatic rings. The van der Waals surface area contributed by atoms with Crippen molar-refractivity contribution in [3.8, 4) is 0 Å². The molecule has 120 valence electrons. The second-order valence-electron chi connectivity index (χ2n) is 6.00. The maximum absolute atomic E-state index is 13.2. The summed E-state index contributed by atoms with van der Waals surface area (Å²) in [5, 5.41) is 10.5. The summed E-state index contributed by atoms with van der Waals surface area (Å²) in [5.41, 5.74) is 1.30. The zero-order valence-corrected chi connectivity index (χ0v) is 12.9. The van der Waals surface area contributed by atoms with Crippen molar-refractivity contribution in [1.29, 1.82) is 0 Å². The van der Waals surface area contributed by atoms with Crippen LogP contribution in [0, 0.1) is 11.7 Å². The Kier molecular flexibility index (Phi) is 4.72. The first-order valence-corrected chi connectivity index (χ1v) is 7.93. The van der Waals surface area contributed by atoms with E-state index in [0.29, 0.717) is 18.7 Å². The van der Waals surface area contributed by atoms with Gasteiger partial charge in [0.15, 0.2) is 0 Å². The molecule has 3 rings (SSSR count). The van der Waals surface area contributed by atoms with Crippen LogP contribution in [0.4, 0.5) is 4.39 Å². The molecule has 0 spiro atoms. The van der Waals surface area contributed by atoms with Crippen molar-refractivity contribution in [2.24, 2.45) is 5.92 Å². The Hall–Kier alpha value is -2.20. The Bertz CT molecular complexity index is 666. The number of nitrogens with zero attached hydrogens (tertiary/aromatic N) is 1. The molecule has 23 heavy (non-hydrogen) atoms. The van der Waals surface area contributed by atoms with Crippen molar-refractivity contribution < 1.29 is 14.3 Å². The topological polar surface area (TPSA) is 40.5 Å². The molecule has 0 saturated carbocycles. The van der Waals surface area contributed by atoms with E-state index < -0.39 is 11.9 Å². The van der Waals surface area contributed by atoms with Gasteiger partial charge in [0, 0.05) is 18.7 Å². The van der Waals surface area contributed by atoms with Crippen LogP contribution in [0.2, 0.25) is 0 Å². The SMILES string of the molecule is O=C(c1cccc(F)c1)N1CCC([C@H](O)c2ccccc2)CC1. The van der Waals surface area contributed by atoms with Crippen LogP contribution >= 0.6 is 0 Å². The van der Waals surface area contributed by atoms with Crippen LogP contribution in [0.5, 0.6) is 0 Å². The Morgan fingerprint density at radius 2 is 1.78 bits per heavy atom. The summed E-state index contributed by atoms with van der Waals surface area (Å²) in [5.74, 6) is -0.392. The highest BCUT2D eigenvalue weighted by Gasteiger charge is 2.28. The van der Waals surface area contributed by atoms with E-state index in [0.717, 1.165) is 18.4 Å². The van der Waals surface area contributed by atoms with Gasteiger partial charge in [0.25, 0.3) is 5.91 Å². The molecule has 1 heterocycles. The molecular formula is C19H20FNO2. The maximum atomic E-state index is 13.2. The van der Waals surface area contributed by atoms with Crippen LogP contribution < -0.4 is 0 Å². The Labute approximate surface area is 135 Å². The Morgan fingerprint density at radius 1 is 1.09 bits per heavy atom. The number of likely N-dealkylation sites (tertiary alicyclic amines) is 1. The average molecular weight is 313 g/mol. The number of rotatable bonds is 3. The van der Waals surface area contributed by atoms with Crippen LogP contribution in [-0.2, 0) is 0 Å². The van der Waals surface area contributed by atoms with Gasteiger partial charge in [-0.25, -0.2) is 4.39 Å². The summed E-state index contributed by atoms with van der Waals surface area (Å²) in [4.78, 5) is 14.1. The zero-order valence-electron chi connectivity index (χ0n) is 12.9. The van der Waals surface area contributed by atoms with E-state index in [9.17, 15) is 14.3 Å². The van der Waals surface area contributed by atoms with Gasteiger partial charge < -0.3 is 10.0 Å². The molecule has 0 aromatic heterocycles. The first kappa shape index (κ1) is 15.7. The number of halogens is 1. The number of hydrogen-bond donors (Lipinski definition) is 1. The standard InChI is InChI=1S/C19H20FNO2/c20-17-8-4-7-16(13-17)19(23)21-11-9-15(10-12-21)18(22)14-5-2-1-3-6-14/h1-8,13,15,18,22H,9-12H2/t18-/m1/s1. The fraction of sp³-hybridized carbons (Fsp3) is 0.316. The number of amides is 1. The lowest BCUT2D eigenvalue weighted by atomic mass is 9.87. The minimum Gasteiger partial charge on any atom is -0.388 e. The third-order valence-corrected chi connectivity index (χ3v) is 4.49. The first-order valence-electron chi connectivity index (χ1n) is 7.93. The van der Waals surface area contributed by atoms with Crippen molar-refractivity contribution in [1.82, 2.24) is 4.90 Å². The van der Waals surface area contributed by atoms with Crippen LogP contribution in [0.1, 0.15) is 34.9 Å². The van der Waals surface area contributed by atoms with E-state index in [2.05, 4.69) is 0 Å². The highest BCUT2D eigenvalue weighted by Crippen LogP contribution is 2.31. The Morgan fingerprint density at radius 3 is 2.43 bits per heavy atom. The molecule has 0 radical (unpaired) electrons. The molecule has 0 bridgehead atoms.